The fraction of sp³-hybridized carbons (Fsp3) is 0.211. The molecule has 2 atom stereocenters. The number of anilines is 1. The van der Waals surface area contributed by atoms with Gasteiger partial charge in [-0.3, -0.25) is 20.4 Å². The largest absolute Gasteiger partial charge is 0.391 e. The van der Waals surface area contributed by atoms with Gasteiger partial charge in [0.15, 0.2) is 0 Å². The van der Waals surface area contributed by atoms with E-state index in [0.717, 1.165) is 9.13 Å². The zero-order valence-corrected chi connectivity index (χ0v) is 17.7. The predicted molar refractivity (Wildman–Crippen MR) is 115 cm³/mol. The third kappa shape index (κ3) is 5.49. The topological polar surface area (TPSA) is 144 Å². The highest BCUT2D eigenvalue weighted by atomic mass is 127. The van der Waals surface area contributed by atoms with Gasteiger partial charge in [-0.25, -0.2) is 0 Å². The molecule has 4 N–H and O–H groups in total. The molecule has 0 aliphatic rings. The van der Waals surface area contributed by atoms with Crippen LogP contribution >= 0.6 is 22.6 Å². The van der Waals surface area contributed by atoms with Crippen LogP contribution in [0.4, 0.5) is 11.4 Å². The van der Waals surface area contributed by atoms with Gasteiger partial charge >= 0.3 is 0 Å². The number of rotatable bonds is 6. The Kier molecular flexibility index (Phi) is 7.63. The van der Waals surface area contributed by atoms with Crippen LogP contribution in [0.2, 0.25) is 0 Å². The van der Waals surface area contributed by atoms with E-state index in [9.17, 15) is 19.6 Å². The Labute approximate surface area is 180 Å². The molecule has 29 heavy (non-hydrogen) atoms. The molecule has 2 aromatic carbocycles. The van der Waals surface area contributed by atoms with Gasteiger partial charge in [0.25, 0.3) is 11.8 Å². The standard InChI is InChI=1S/C19H18IN5O4/c1-10-15(8-5-13(9-21)16(10)20)22-17(11(2)26)19(28)24-23-18(27)12-3-6-14(25-29)7-4-12/h3-8,11,17,22,26H,1-2H3,(H,23,27)(H,24,28)/t11-,17-/m1/s1. The van der Waals surface area contributed by atoms with Crippen molar-refractivity contribution < 1.29 is 14.7 Å². The number of nitriles is 1. The van der Waals surface area contributed by atoms with Gasteiger partial charge in [0, 0.05) is 14.8 Å². The Morgan fingerprint density at radius 2 is 1.83 bits per heavy atom. The minimum absolute atomic E-state index is 0.177. The maximum absolute atomic E-state index is 12.5. The number of benzene rings is 2. The molecule has 0 saturated carbocycles. The number of nitrogens with zero attached hydrogens (tertiary/aromatic N) is 2. The number of aliphatic hydroxyl groups excluding tert-OH is 1. The Balaban J connectivity index is 2.08. The molecule has 0 aromatic heterocycles. The highest BCUT2D eigenvalue weighted by Gasteiger charge is 2.25. The van der Waals surface area contributed by atoms with Crippen LogP contribution in [0.25, 0.3) is 0 Å². The molecule has 0 aliphatic carbocycles. The number of nitroso groups, excluding NO2 is 1. The first kappa shape index (κ1) is 22.3. The Bertz CT molecular complexity index is 970. The van der Waals surface area contributed by atoms with Crippen LogP contribution < -0.4 is 16.2 Å². The molecule has 0 radical (unpaired) electrons. The number of hydrogen-bond acceptors (Lipinski definition) is 7. The Morgan fingerprint density at radius 1 is 1.17 bits per heavy atom. The van der Waals surface area contributed by atoms with Gasteiger partial charge in [-0.2, -0.15) is 5.26 Å². The molecule has 2 aromatic rings. The SMILES string of the molecule is Cc1c(N[C@@H](C(=O)NNC(=O)c2ccc(N=O)cc2)[C@@H](C)O)ccc(C#N)c1I. The number of carbonyl (C=O) groups excluding carboxylic acids is 2. The number of aliphatic hydroxyl groups is 1. The van der Waals surface area contributed by atoms with Gasteiger partial charge in [0.2, 0.25) is 0 Å². The van der Waals surface area contributed by atoms with Crippen molar-refractivity contribution in [2.75, 3.05) is 5.32 Å². The van der Waals surface area contributed by atoms with Gasteiger partial charge in [0.05, 0.1) is 11.7 Å². The first-order valence-electron chi connectivity index (χ1n) is 8.46. The van der Waals surface area contributed by atoms with E-state index >= 15 is 0 Å². The van der Waals surface area contributed by atoms with Gasteiger partial charge in [-0.05, 0) is 83.6 Å². The molecule has 2 rings (SSSR count). The Hall–Kier alpha value is -3.04. The second-order valence-electron chi connectivity index (χ2n) is 6.16. The lowest BCUT2D eigenvalue weighted by Gasteiger charge is -2.23. The molecule has 2 amide bonds. The predicted octanol–water partition coefficient (Wildman–Crippen LogP) is 2.49. The van der Waals surface area contributed by atoms with Gasteiger partial charge in [-0.15, -0.1) is 4.91 Å². The van der Waals surface area contributed by atoms with Crippen molar-refractivity contribution in [3.63, 3.8) is 0 Å². The molecule has 0 bridgehead atoms. The molecule has 0 heterocycles. The normalized spacial score (nSPS) is 12.2. The summed E-state index contributed by atoms with van der Waals surface area (Å²) in [7, 11) is 0. The van der Waals surface area contributed by atoms with E-state index in [-0.39, 0.29) is 11.3 Å². The van der Waals surface area contributed by atoms with Crippen molar-refractivity contribution in [1.29, 1.82) is 5.26 Å². The number of nitrogens with one attached hydrogen (secondary N) is 3. The number of amides is 2. The van der Waals surface area contributed by atoms with Crippen LogP contribution in [-0.2, 0) is 4.79 Å². The highest BCUT2D eigenvalue weighted by Crippen LogP contribution is 2.25. The van der Waals surface area contributed by atoms with Crippen molar-refractivity contribution in [1.82, 2.24) is 10.9 Å². The molecule has 0 spiro atoms. The zero-order chi connectivity index (χ0) is 21.6. The van der Waals surface area contributed by atoms with E-state index in [0.29, 0.717) is 11.3 Å². The molecule has 0 unspecified atom stereocenters. The van der Waals surface area contributed by atoms with Gasteiger partial charge in [0.1, 0.15) is 17.8 Å². The lowest BCUT2D eigenvalue weighted by Crippen LogP contribution is -2.52. The van der Waals surface area contributed by atoms with Crippen LogP contribution in [0.3, 0.4) is 0 Å². The lowest BCUT2D eigenvalue weighted by atomic mass is 10.1. The van der Waals surface area contributed by atoms with E-state index in [4.69, 9.17) is 5.26 Å². The maximum atomic E-state index is 12.5. The fourth-order valence-corrected chi connectivity index (χ4v) is 3.03. The number of carbonyl (C=O) groups is 2. The van der Waals surface area contributed by atoms with E-state index in [2.05, 4.69) is 27.4 Å². The minimum Gasteiger partial charge on any atom is -0.391 e. The van der Waals surface area contributed by atoms with Crippen molar-refractivity contribution in [2.24, 2.45) is 5.18 Å². The third-order valence-corrected chi connectivity index (χ3v) is 5.51. The first-order chi connectivity index (χ1) is 13.8. The summed E-state index contributed by atoms with van der Waals surface area (Å²) in [5.74, 6) is -1.25. The van der Waals surface area contributed by atoms with Gasteiger partial charge in [-0.1, -0.05) is 0 Å². The van der Waals surface area contributed by atoms with Crippen LogP contribution in [-0.4, -0.2) is 29.1 Å². The summed E-state index contributed by atoms with van der Waals surface area (Å²) >= 11 is 2.04. The smallest absolute Gasteiger partial charge is 0.269 e. The van der Waals surface area contributed by atoms with Crippen molar-refractivity contribution in [3.05, 3.63) is 61.6 Å². The van der Waals surface area contributed by atoms with Crippen molar-refractivity contribution in [3.8, 4) is 6.07 Å². The Morgan fingerprint density at radius 3 is 2.38 bits per heavy atom. The fourth-order valence-electron chi connectivity index (χ4n) is 2.44. The molecular formula is C19H18IN5O4. The zero-order valence-electron chi connectivity index (χ0n) is 15.6. The van der Waals surface area contributed by atoms with Crippen molar-refractivity contribution in [2.45, 2.75) is 26.0 Å². The lowest BCUT2D eigenvalue weighted by molar-refractivity contribution is -0.124. The summed E-state index contributed by atoms with van der Waals surface area (Å²) < 4.78 is 0.737. The molecule has 0 saturated heterocycles. The van der Waals surface area contributed by atoms with Crippen LogP contribution in [0.5, 0.6) is 0 Å². The number of hydrazine groups is 1. The molecule has 10 heteroatoms. The minimum atomic E-state index is -1.07. The molecule has 0 fully saturated rings. The summed E-state index contributed by atoms with van der Waals surface area (Å²) in [6.45, 7) is 3.23. The summed E-state index contributed by atoms with van der Waals surface area (Å²) in [6, 6.07) is 9.83. The van der Waals surface area contributed by atoms with Crippen LogP contribution in [0, 0.1) is 26.7 Å². The average molecular weight is 507 g/mol. The molecule has 150 valence electrons. The van der Waals surface area contributed by atoms with E-state index < -0.39 is 24.0 Å². The van der Waals surface area contributed by atoms with E-state index in [1.165, 1.54) is 31.2 Å². The number of hydrogen-bond donors (Lipinski definition) is 4. The molecular weight excluding hydrogens is 489 g/mol. The second kappa shape index (κ2) is 9.94. The second-order valence-corrected chi connectivity index (χ2v) is 7.23. The first-order valence-corrected chi connectivity index (χ1v) is 9.53. The van der Waals surface area contributed by atoms with Gasteiger partial charge < -0.3 is 10.4 Å². The molecule has 0 aliphatic heterocycles. The quantitative estimate of drug-likeness (QED) is 0.269. The number of halogens is 1. The average Bonchev–Trinajstić information content (AvgIpc) is 2.72. The maximum Gasteiger partial charge on any atom is 0.269 e. The monoisotopic (exact) mass is 507 g/mol. The van der Waals surface area contributed by atoms with E-state index in [1.807, 2.05) is 22.6 Å². The third-order valence-electron chi connectivity index (χ3n) is 4.12. The van der Waals surface area contributed by atoms with Crippen LogP contribution in [0.1, 0.15) is 28.4 Å². The summed E-state index contributed by atoms with van der Waals surface area (Å²) in [4.78, 5) is 35.0. The summed E-state index contributed by atoms with van der Waals surface area (Å²) in [5.41, 5.74) is 6.77. The molecule has 9 nitrogen and oxygen atoms in total. The summed E-state index contributed by atoms with van der Waals surface area (Å²) in [5, 5.41) is 24.8. The van der Waals surface area contributed by atoms with Crippen molar-refractivity contribution >= 4 is 45.8 Å². The summed E-state index contributed by atoms with van der Waals surface area (Å²) in [6.07, 6.45) is -1.07. The highest BCUT2D eigenvalue weighted by molar-refractivity contribution is 14.1. The van der Waals surface area contributed by atoms with Crippen LogP contribution in [0.15, 0.2) is 41.6 Å². The van der Waals surface area contributed by atoms with E-state index in [1.54, 1.807) is 19.1 Å².